The molecule has 2 aliphatic carbocycles. The SMILES string of the molecule is C/C1=C\[C@@H](C)C/C=C/[C@H]2C3O[C@]3(C)[C@@H](C)[C@H]3[C@H](Cc4c[nH]c5ccccc45)NC(=O)[C@]32C(=O)CCC(=O)C1=O. The third-order valence-corrected chi connectivity index (χ3v) is 9.99. The van der Waals surface area contributed by atoms with Gasteiger partial charge in [-0.2, -0.15) is 0 Å². The molecule has 2 aromatic rings. The van der Waals surface area contributed by atoms with Gasteiger partial charge < -0.3 is 15.0 Å². The highest BCUT2D eigenvalue weighted by molar-refractivity contribution is 6.43. The van der Waals surface area contributed by atoms with Crippen LogP contribution >= 0.6 is 0 Å². The fraction of sp³-hybridized carbons (Fsp3) is 0.500. The minimum atomic E-state index is -1.35. The number of amides is 1. The topological polar surface area (TPSA) is 109 Å². The molecule has 0 bridgehead atoms. The number of fused-ring (bicyclic) bond motifs is 3. The summed E-state index contributed by atoms with van der Waals surface area (Å²) in [7, 11) is 0. The van der Waals surface area contributed by atoms with Gasteiger partial charge in [0.1, 0.15) is 11.2 Å². The minimum absolute atomic E-state index is 0.0299. The predicted molar refractivity (Wildman–Crippen MR) is 147 cm³/mol. The van der Waals surface area contributed by atoms with Crippen LogP contribution in [0.5, 0.6) is 0 Å². The molecule has 1 amide bonds. The van der Waals surface area contributed by atoms with Crippen LogP contribution in [0.15, 0.2) is 54.3 Å². The summed E-state index contributed by atoms with van der Waals surface area (Å²) in [6.07, 6.45) is 8.46. The number of para-hydroxylation sites is 1. The number of benzene rings is 1. The zero-order valence-corrected chi connectivity index (χ0v) is 23.0. The molecule has 1 aromatic heterocycles. The van der Waals surface area contributed by atoms with Gasteiger partial charge in [0, 0.05) is 47.8 Å². The van der Waals surface area contributed by atoms with Crippen molar-refractivity contribution >= 4 is 34.2 Å². The van der Waals surface area contributed by atoms with Crippen LogP contribution in [-0.2, 0) is 30.3 Å². The van der Waals surface area contributed by atoms with Crippen LogP contribution in [0.3, 0.4) is 0 Å². The maximum atomic E-state index is 14.3. The number of ketones is 3. The average molecular weight is 529 g/mol. The smallest absolute Gasteiger partial charge is 0.235 e. The van der Waals surface area contributed by atoms with Gasteiger partial charge in [0.2, 0.25) is 17.5 Å². The Morgan fingerprint density at radius 3 is 2.64 bits per heavy atom. The van der Waals surface area contributed by atoms with Gasteiger partial charge in [-0.15, -0.1) is 0 Å². The van der Waals surface area contributed by atoms with Crippen LogP contribution in [0.25, 0.3) is 10.9 Å². The summed E-state index contributed by atoms with van der Waals surface area (Å²) < 4.78 is 6.34. The Labute approximate surface area is 228 Å². The highest BCUT2D eigenvalue weighted by atomic mass is 16.6. The van der Waals surface area contributed by atoms with Crippen molar-refractivity contribution < 1.29 is 23.9 Å². The first-order chi connectivity index (χ1) is 18.6. The zero-order chi connectivity index (χ0) is 27.7. The van der Waals surface area contributed by atoms with Gasteiger partial charge >= 0.3 is 0 Å². The monoisotopic (exact) mass is 528 g/mol. The molecule has 39 heavy (non-hydrogen) atoms. The number of aromatic amines is 1. The number of allylic oxidation sites excluding steroid dienone is 3. The Hall–Kier alpha value is -3.32. The fourth-order valence-corrected chi connectivity index (χ4v) is 7.84. The maximum absolute atomic E-state index is 14.3. The van der Waals surface area contributed by atoms with E-state index < -0.39 is 28.5 Å². The molecule has 2 aliphatic heterocycles. The zero-order valence-electron chi connectivity index (χ0n) is 23.0. The lowest BCUT2D eigenvalue weighted by Gasteiger charge is -2.46. The van der Waals surface area contributed by atoms with E-state index in [0.29, 0.717) is 18.4 Å². The summed E-state index contributed by atoms with van der Waals surface area (Å²) in [5.74, 6) is -2.47. The number of hydrogen-bond donors (Lipinski definition) is 2. The third kappa shape index (κ3) is 3.80. The van der Waals surface area contributed by atoms with E-state index in [1.54, 1.807) is 6.92 Å². The Balaban J connectivity index is 1.44. The standard InChI is InChI=1S/C32H36N2O5/c1-17-8-7-10-22-29-31(4,39-29)19(3)27-24(15-20-16-33-23-11-6-5-9-21(20)23)34-30(38)32(22,27)26(36)13-12-25(35)28(37)18(2)14-17/h5-7,9-11,14,16-17,19,22,24,27,29,33H,8,12-13,15H2,1-4H3,(H,34,38)/b10-7+,18-14+/t17-,19-,22-,24-,27-,29?,31+,32+/m0/s1. The molecule has 1 saturated carbocycles. The van der Waals surface area contributed by atoms with Crippen molar-refractivity contribution in [1.29, 1.82) is 0 Å². The molecule has 4 aliphatic rings. The fourth-order valence-electron chi connectivity index (χ4n) is 7.84. The summed E-state index contributed by atoms with van der Waals surface area (Å²) in [5.41, 5.74) is 0.739. The van der Waals surface area contributed by atoms with E-state index in [-0.39, 0.29) is 54.4 Å². The first-order valence-electron chi connectivity index (χ1n) is 14.1. The lowest BCUT2D eigenvalue weighted by atomic mass is 9.51. The number of epoxide rings is 1. The molecule has 1 aromatic carbocycles. The second-order valence-corrected chi connectivity index (χ2v) is 12.2. The van der Waals surface area contributed by atoms with Crippen LogP contribution in [-0.4, -0.2) is 46.0 Å². The Kier molecular flexibility index (Phi) is 6.06. The molecule has 3 heterocycles. The molecule has 0 radical (unpaired) electrons. The number of hydrogen-bond acceptors (Lipinski definition) is 5. The van der Waals surface area contributed by atoms with E-state index in [1.165, 1.54) is 0 Å². The number of carbonyl (C=O) groups excluding carboxylic acids is 4. The minimum Gasteiger partial charge on any atom is -0.365 e. The van der Waals surface area contributed by atoms with Crippen LogP contribution in [0.2, 0.25) is 0 Å². The number of rotatable bonds is 2. The quantitative estimate of drug-likeness (QED) is 0.262. The molecule has 2 N–H and O–H groups in total. The maximum Gasteiger partial charge on any atom is 0.235 e. The lowest BCUT2D eigenvalue weighted by molar-refractivity contribution is -0.149. The molecule has 7 heteroatoms. The molecule has 8 atom stereocenters. The highest BCUT2D eigenvalue weighted by Gasteiger charge is 2.78. The van der Waals surface area contributed by atoms with Gasteiger partial charge in [-0.3, -0.25) is 19.2 Å². The van der Waals surface area contributed by atoms with Gasteiger partial charge in [0.15, 0.2) is 0 Å². The lowest BCUT2D eigenvalue weighted by Crippen LogP contribution is -2.58. The van der Waals surface area contributed by atoms with Crippen LogP contribution in [0.4, 0.5) is 0 Å². The highest BCUT2D eigenvalue weighted by Crippen LogP contribution is 2.66. The number of aromatic nitrogens is 1. The molecular weight excluding hydrogens is 492 g/mol. The van der Waals surface area contributed by atoms with Gasteiger partial charge in [-0.05, 0) is 55.7 Å². The van der Waals surface area contributed by atoms with E-state index in [1.807, 2.05) is 49.5 Å². The van der Waals surface area contributed by atoms with Crippen molar-refractivity contribution in [3.8, 4) is 0 Å². The summed E-state index contributed by atoms with van der Waals surface area (Å²) in [5, 5.41) is 4.34. The van der Waals surface area contributed by atoms with Crippen molar-refractivity contribution in [2.24, 2.45) is 29.1 Å². The third-order valence-electron chi connectivity index (χ3n) is 9.99. The summed E-state index contributed by atoms with van der Waals surface area (Å²) in [6.45, 7) is 7.83. The van der Waals surface area contributed by atoms with Crippen LogP contribution in [0, 0.1) is 29.1 Å². The average Bonchev–Trinajstić information content (AvgIpc) is 3.31. The first kappa shape index (κ1) is 25.9. The molecule has 1 spiro atoms. The van der Waals surface area contributed by atoms with Gasteiger partial charge in [-0.1, -0.05) is 50.3 Å². The second-order valence-electron chi connectivity index (χ2n) is 12.2. The van der Waals surface area contributed by atoms with Gasteiger partial charge in [0.05, 0.1) is 11.7 Å². The molecule has 7 nitrogen and oxygen atoms in total. The Bertz CT molecular complexity index is 1450. The van der Waals surface area contributed by atoms with E-state index >= 15 is 0 Å². The van der Waals surface area contributed by atoms with Crippen molar-refractivity contribution in [3.63, 3.8) is 0 Å². The molecule has 1 unspecified atom stereocenters. The second kappa shape index (κ2) is 9.12. The van der Waals surface area contributed by atoms with Crippen LogP contribution < -0.4 is 5.32 Å². The molecule has 3 fully saturated rings. The van der Waals surface area contributed by atoms with Gasteiger partial charge in [0.25, 0.3) is 0 Å². The Morgan fingerprint density at radius 2 is 1.85 bits per heavy atom. The largest absolute Gasteiger partial charge is 0.365 e. The van der Waals surface area contributed by atoms with Crippen molar-refractivity contribution in [2.45, 2.75) is 71.1 Å². The van der Waals surface area contributed by atoms with E-state index in [9.17, 15) is 19.2 Å². The summed E-state index contributed by atoms with van der Waals surface area (Å²) in [4.78, 5) is 57.3. The number of H-pyrrole nitrogens is 1. The van der Waals surface area contributed by atoms with Crippen molar-refractivity contribution in [3.05, 3.63) is 59.8 Å². The van der Waals surface area contributed by atoms with Crippen LogP contribution in [0.1, 0.15) is 52.5 Å². The molecular formula is C32H36N2O5. The first-order valence-corrected chi connectivity index (χ1v) is 14.1. The van der Waals surface area contributed by atoms with Gasteiger partial charge in [-0.25, -0.2) is 0 Å². The number of carbonyl (C=O) groups is 4. The predicted octanol–water partition coefficient (Wildman–Crippen LogP) is 4.26. The Morgan fingerprint density at radius 1 is 1.08 bits per heavy atom. The number of ether oxygens (including phenoxy) is 1. The van der Waals surface area contributed by atoms with Crippen molar-refractivity contribution in [1.82, 2.24) is 10.3 Å². The number of Topliss-reactive ketones (excluding diaryl/α,β-unsaturated/α-hetero) is 3. The van der Waals surface area contributed by atoms with E-state index in [0.717, 1.165) is 16.5 Å². The van der Waals surface area contributed by atoms with E-state index in [2.05, 4.69) is 30.2 Å². The number of nitrogens with one attached hydrogen (secondary N) is 2. The molecule has 204 valence electrons. The molecule has 6 rings (SSSR count). The summed E-state index contributed by atoms with van der Waals surface area (Å²) >= 11 is 0. The summed E-state index contributed by atoms with van der Waals surface area (Å²) in [6, 6.07) is 7.79. The normalized spacial score (nSPS) is 40.8. The molecule has 2 saturated heterocycles. The van der Waals surface area contributed by atoms with E-state index in [4.69, 9.17) is 4.74 Å². The van der Waals surface area contributed by atoms with Crippen molar-refractivity contribution in [2.75, 3.05) is 0 Å².